The van der Waals surface area contributed by atoms with E-state index in [0.717, 1.165) is 6.54 Å². The van der Waals surface area contributed by atoms with Crippen molar-refractivity contribution in [3.8, 4) is 0 Å². The lowest BCUT2D eigenvalue weighted by Gasteiger charge is -2.37. The lowest BCUT2D eigenvalue weighted by atomic mass is 10.2. The van der Waals surface area contributed by atoms with E-state index in [1.54, 1.807) is 19.1 Å². The van der Waals surface area contributed by atoms with Gasteiger partial charge in [0.05, 0.1) is 11.5 Å². The maximum Gasteiger partial charge on any atom is 0.243 e. The molecule has 1 aliphatic rings. The van der Waals surface area contributed by atoms with Crippen molar-refractivity contribution in [1.82, 2.24) is 9.21 Å². The van der Waals surface area contributed by atoms with Gasteiger partial charge in [0.2, 0.25) is 10.0 Å². The smallest absolute Gasteiger partial charge is 0.243 e. The van der Waals surface area contributed by atoms with Gasteiger partial charge in [-0.25, -0.2) is 8.42 Å². The van der Waals surface area contributed by atoms with Crippen LogP contribution in [0, 0.1) is 6.92 Å². The number of sulfonamides is 1. The molecule has 1 saturated heterocycles. The Morgan fingerprint density at radius 2 is 2.05 bits per heavy atom. The highest BCUT2D eigenvalue weighted by Gasteiger charge is 2.32. The van der Waals surface area contributed by atoms with Crippen LogP contribution in [0.25, 0.3) is 0 Å². The van der Waals surface area contributed by atoms with E-state index in [-0.39, 0.29) is 17.5 Å². The van der Waals surface area contributed by atoms with Crippen molar-refractivity contribution in [1.29, 1.82) is 0 Å². The minimum absolute atomic E-state index is 0.180. The van der Waals surface area contributed by atoms with E-state index in [1.165, 1.54) is 4.31 Å². The molecule has 1 aromatic carbocycles. The van der Waals surface area contributed by atoms with Crippen LogP contribution in [0.4, 0.5) is 0 Å². The van der Waals surface area contributed by atoms with Gasteiger partial charge in [0.15, 0.2) is 0 Å². The van der Waals surface area contributed by atoms with E-state index in [1.807, 2.05) is 14.0 Å². The number of aliphatic hydroxyl groups is 1. The van der Waals surface area contributed by atoms with Crippen LogP contribution in [0.3, 0.4) is 0 Å². The van der Waals surface area contributed by atoms with Crippen molar-refractivity contribution in [3.63, 3.8) is 0 Å². The quantitative estimate of drug-likeness (QED) is 0.869. The molecule has 0 saturated carbocycles. The van der Waals surface area contributed by atoms with Crippen molar-refractivity contribution in [2.75, 3.05) is 26.7 Å². The molecule has 21 heavy (non-hydrogen) atoms. The van der Waals surface area contributed by atoms with E-state index in [2.05, 4.69) is 20.8 Å². The number of benzene rings is 1. The van der Waals surface area contributed by atoms with Gasteiger partial charge in [0.1, 0.15) is 0 Å². The summed E-state index contributed by atoms with van der Waals surface area (Å²) in [6, 6.07) is 3.51. The fraction of sp³-hybridized carbons (Fsp3) is 0.571. The van der Waals surface area contributed by atoms with E-state index in [0.29, 0.717) is 28.7 Å². The predicted octanol–water partition coefficient (Wildman–Crippen LogP) is 1.57. The number of rotatable bonds is 3. The maximum absolute atomic E-state index is 12.9. The first-order chi connectivity index (χ1) is 9.77. The molecule has 1 heterocycles. The van der Waals surface area contributed by atoms with E-state index in [4.69, 9.17) is 0 Å². The lowest BCUT2D eigenvalue weighted by molar-refractivity contribution is 0.159. The molecule has 0 aromatic heterocycles. The third-order valence-electron chi connectivity index (χ3n) is 4.08. The number of hydrogen-bond acceptors (Lipinski definition) is 4. The molecular weight excluding hydrogens is 356 g/mol. The molecule has 118 valence electrons. The van der Waals surface area contributed by atoms with Crippen molar-refractivity contribution in [2.24, 2.45) is 0 Å². The first-order valence-corrected chi connectivity index (χ1v) is 9.11. The van der Waals surface area contributed by atoms with Crippen LogP contribution in [0.1, 0.15) is 18.1 Å². The molecular formula is C14H21BrN2O3S. The number of aliphatic hydroxyl groups excluding tert-OH is 1. The zero-order valence-electron chi connectivity index (χ0n) is 12.5. The summed E-state index contributed by atoms with van der Waals surface area (Å²) in [5, 5.41) is 9.29. The fourth-order valence-electron chi connectivity index (χ4n) is 2.44. The molecule has 7 heteroatoms. The van der Waals surface area contributed by atoms with Crippen LogP contribution >= 0.6 is 15.9 Å². The Labute approximate surface area is 134 Å². The summed E-state index contributed by atoms with van der Waals surface area (Å²) in [5.74, 6) is 0. The van der Waals surface area contributed by atoms with Gasteiger partial charge in [0.25, 0.3) is 0 Å². The van der Waals surface area contributed by atoms with Gasteiger partial charge in [-0.05, 0) is 44.2 Å². The number of nitrogens with zero attached hydrogens (tertiary/aromatic N) is 2. The Hall–Kier alpha value is -0.470. The van der Waals surface area contributed by atoms with Crippen LogP contribution in [-0.2, 0) is 16.6 Å². The molecule has 1 aromatic rings. The number of likely N-dealkylation sites (N-methyl/N-ethyl adjacent to an activating group) is 1. The topological polar surface area (TPSA) is 60.9 Å². The number of halogens is 1. The summed E-state index contributed by atoms with van der Waals surface area (Å²) in [5.41, 5.74) is 1.27. The minimum atomic E-state index is -3.54. The number of piperazine rings is 1. The zero-order valence-corrected chi connectivity index (χ0v) is 14.9. The zero-order chi connectivity index (χ0) is 15.8. The molecule has 0 bridgehead atoms. The lowest BCUT2D eigenvalue weighted by Crippen LogP contribution is -2.51. The molecule has 1 atom stereocenters. The second kappa shape index (κ2) is 6.34. The highest BCUT2D eigenvalue weighted by molar-refractivity contribution is 9.10. The molecule has 1 aliphatic heterocycles. The second-order valence-corrected chi connectivity index (χ2v) is 8.31. The van der Waals surface area contributed by atoms with Gasteiger partial charge in [0, 0.05) is 30.1 Å². The van der Waals surface area contributed by atoms with Crippen molar-refractivity contribution in [3.05, 3.63) is 27.7 Å². The first kappa shape index (κ1) is 16.9. The van der Waals surface area contributed by atoms with Gasteiger partial charge in [-0.15, -0.1) is 0 Å². The SMILES string of the molecule is Cc1c(Br)cc(CO)cc1S(=O)(=O)N1CCN(C)C(C)C1. The summed E-state index contributed by atoms with van der Waals surface area (Å²) < 4.78 is 28.0. The minimum Gasteiger partial charge on any atom is -0.392 e. The van der Waals surface area contributed by atoms with Crippen molar-refractivity contribution in [2.45, 2.75) is 31.4 Å². The summed E-state index contributed by atoms with van der Waals surface area (Å²) in [6.07, 6.45) is 0. The summed E-state index contributed by atoms with van der Waals surface area (Å²) in [7, 11) is -1.54. The maximum atomic E-state index is 12.9. The monoisotopic (exact) mass is 376 g/mol. The summed E-state index contributed by atoms with van der Waals surface area (Å²) in [6.45, 7) is 5.32. The molecule has 0 radical (unpaired) electrons. The standard InChI is InChI=1S/C14H21BrN2O3S/c1-10-8-17(5-4-16(10)3)21(19,20)14-7-12(9-18)6-13(15)11(14)2/h6-7,10,18H,4-5,8-9H2,1-3H3. The van der Waals surface area contributed by atoms with Gasteiger partial charge >= 0.3 is 0 Å². The average Bonchev–Trinajstić information content (AvgIpc) is 2.44. The Balaban J connectivity index is 2.42. The molecule has 5 nitrogen and oxygen atoms in total. The Bertz CT molecular complexity index is 633. The summed E-state index contributed by atoms with van der Waals surface area (Å²) >= 11 is 3.37. The van der Waals surface area contributed by atoms with Gasteiger partial charge in [-0.3, -0.25) is 0 Å². The third-order valence-corrected chi connectivity index (χ3v) is 6.89. The fourth-order valence-corrected chi connectivity index (χ4v) is 4.89. The second-order valence-electron chi connectivity index (χ2n) is 5.55. The van der Waals surface area contributed by atoms with Crippen LogP contribution in [0.5, 0.6) is 0 Å². The first-order valence-electron chi connectivity index (χ1n) is 6.87. The molecule has 1 N–H and O–H groups in total. The summed E-state index contributed by atoms with van der Waals surface area (Å²) in [4.78, 5) is 2.43. The van der Waals surface area contributed by atoms with Crippen molar-refractivity contribution >= 4 is 26.0 Å². The Morgan fingerprint density at radius 3 is 2.62 bits per heavy atom. The normalized spacial score (nSPS) is 21.7. The molecule has 1 fully saturated rings. The van der Waals surface area contributed by atoms with Crippen molar-refractivity contribution < 1.29 is 13.5 Å². The predicted molar refractivity (Wildman–Crippen MR) is 85.7 cm³/mol. The van der Waals surface area contributed by atoms with Crippen LogP contribution in [-0.4, -0.2) is 55.5 Å². The van der Waals surface area contributed by atoms with Gasteiger partial charge in [-0.1, -0.05) is 15.9 Å². The number of hydrogen-bond donors (Lipinski definition) is 1. The van der Waals surface area contributed by atoms with Crippen LogP contribution in [0.2, 0.25) is 0 Å². The van der Waals surface area contributed by atoms with Gasteiger partial charge in [-0.2, -0.15) is 4.31 Å². The largest absolute Gasteiger partial charge is 0.392 e. The van der Waals surface area contributed by atoms with E-state index < -0.39 is 10.0 Å². The molecule has 1 unspecified atom stereocenters. The highest BCUT2D eigenvalue weighted by Crippen LogP contribution is 2.29. The van der Waals surface area contributed by atoms with E-state index >= 15 is 0 Å². The molecule has 2 rings (SSSR count). The Morgan fingerprint density at radius 1 is 1.38 bits per heavy atom. The molecule has 0 spiro atoms. The van der Waals surface area contributed by atoms with Gasteiger partial charge < -0.3 is 10.0 Å². The van der Waals surface area contributed by atoms with Crippen LogP contribution in [0.15, 0.2) is 21.5 Å². The van der Waals surface area contributed by atoms with Crippen LogP contribution < -0.4 is 0 Å². The molecule has 0 amide bonds. The molecule has 0 aliphatic carbocycles. The Kier molecular flexibility index (Phi) is 5.10. The third kappa shape index (κ3) is 3.32. The van der Waals surface area contributed by atoms with E-state index in [9.17, 15) is 13.5 Å². The average molecular weight is 377 g/mol. The highest BCUT2D eigenvalue weighted by atomic mass is 79.9.